The van der Waals surface area contributed by atoms with Crippen LogP contribution in [0.2, 0.25) is 0 Å². The fourth-order valence-corrected chi connectivity index (χ4v) is 5.32. The van der Waals surface area contributed by atoms with Gasteiger partial charge in [-0.05, 0) is 60.9 Å². The number of amides is 1. The van der Waals surface area contributed by atoms with Crippen molar-refractivity contribution in [2.24, 2.45) is 5.10 Å². The zero-order valence-corrected chi connectivity index (χ0v) is 20.7. The van der Waals surface area contributed by atoms with Crippen molar-refractivity contribution in [2.45, 2.75) is 25.7 Å². The number of benzene rings is 4. The molecule has 4 aromatic rings. The number of nitrogens with zero attached hydrogens (tertiary/aromatic N) is 2. The van der Waals surface area contributed by atoms with E-state index in [0.717, 1.165) is 37.3 Å². The molecule has 1 N–H and O–H groups in total. The van der Waals surface area contributed by atoms with Gasteiger partial charge in [0.2, 0.25) is 0 Å². The number of hydrazone groups is 1. The second-order valence-corrected chi connectivity index (χ2v) is 10.3. The minimum atomic E-state index is -3.99. The van der Waals surface area contributed by atoms with E-state index < -0.39 is 22.5 Å². The fourth-order valence-electron chi connectivity index (χ4n) is 3.85. The Morgan fingerprint density at radius 3 is 2.34 bits per heavy atom. The number of sulfonamides is 1. The molecule has 35 heavy (non-hydrogen) atoms. The highest BCUT2D eigenvalue weighted by molar-refractivity contribution is 7.92. The smallest absolute Gasteiger partial charge is 0.264 e. The molecule has 0 saturated heterocycles. The van der Waals surface area contributed by atoms with Crippen molar-refractivity contribution in [2.75, 3.05) is 10.8 Å². The molecule has 178 valence electrons. The predicted molar refractivity (Wildman–Crippen MR) is 141 cm³/mol. The van der Waals surface area contributed by atoms with Crippen LogP contribution in [0.3, 0.4) is 0 Å². The van der Waals surface area contributed by atoms with E-state index in [4.69, 9.17) is 0 Å². The number of anilines is 1. The summed E-state index contributed by atoms with van der Waals surface area (Å²) in [6.45, 7) is 5.23. The van der Waals surface area contributed by atoms with Crippen LogP contribution in [0, 0.1) is 20.8 Å². The van der Waals surface area contributed by atoms with Gasteiger partial charge < -0.3 is 0 Å². The summed E-state index contributed by atoms with van der Waals surface area (Å²) in [6, 6.07) is 25.7. The lowest BCUT2D eigenvalue weighted by Gasteiger charge is -2.26. The summed E-state index contributed by atoms with van der Waals surface area (Å²) in [6.07, 6.45) is 1.57. The first kappa shape index (κ1) is 24.2. The minimum absolute atomic E-state index is 0.121. The third-order valence-electron chi connectivity index (χ3n) is 5.96. The number of nitrogens with one attached hydrogen (secondary N) is 1. The first-order chi connectivity index (χ1) is 16.8. The zero-order chi connectivity index (χ0) is 25.0. The molecule has 6 nitrogen and oxygen atoms in total. The molecule has 0 spiro atoms. The number of rotatable bonds is 7. The lowest BCUT2D eigenvalue weighted by atomic mass is 10.1. The van der Waals surface area contributed by atoms with E-state index in [-0.39, 0.29) is 4.90 Å². The number of hydrogen-bond donors (Lipinski definition) is 1. The quantitative estimate of drug-likeness (QED) is 0.292. The summed E-state index contributed by atoms with van der Waals surface area (Å²) in [4.78, 5) is 13.0. The summed E-state index contributed by atoms with van der Waals surface area (Å²) < 4.78 is 28.3. The molecule has 4 rings (SSSR count). The van der Waals surface area contributed by atoms with Crippen LogP contribution in [0.15, 0.2) is 94.9 Å². The van der Waals surface area contributed by atoms with Crippen LogP contribution in [0.4, 0.5) is 5.69 Å². The highest BCUT2D eigenvalue weighted by Gasteiger charge is 2.28. The molecule has 0 bridgehead atoms. The topological polar surface area (TPSA) is 78.8 Å². The van der Waals surface area contributed by atoms with Gasteiger partial charge in [-0.1, -0.05) is 72.3 Å². The minimum Gasteiger partial charge on any atom is -0.271 e. The van der Waals surface area contributed by atoms with Crippen LogP contribution < -0.4 is 9.73 Å². The normalized spacial score (nSPS) is 11.6. The monoisotopic (exact) mass is 485 g/mol. The first-order valence-electron chi connectivity index (χ1n) is 11.2. The number of hydrogen-bond acceptors (Lipinski definition) is 4. The fraction of sp³-hybridized carbons (Fsp3) is 0.143. The molecule has 0 aliphatic rings. The van der Waals surface area contributed by atoms with Crippen molar-refractivity contribution in [3.8, 4) is 0 Å². The predicted octanol–water partition coefficient (Wildman–Crippen LogP) is 5.11. The van der Waals surface area contributed by atoms with E-state index in [1.807, 2.05) is 69.3 Å². The molecular weight excluding hydrogens is 458 g/mol. The van der Waals surface area contributed by atoms with Gasteiger partial charge in [0.05, 0.1) is 16.8 Å². The molecule has 0 atom stereocenters. The number of fused-ring (bicyclic) bond motifs is 1. The Balaban J connectivity index is 1.61. The highest BCUT2D eigenvalue weighted by atomic mass is 32.2. The Morgan fingerprint density at radius 2 is 1.57 bits per heavy atom. The van der Waals surface area contributed by atoms with Crippen LogP contribution in [0.25, 0.3) is 10.8 Å². The Morgan fingerprint density at radius 1 is 0.886 bits per heavy atom. The molecule has 0 fully saturated rings. The van der Waals surface area contributed by atoms with E-state index >= 15 is 0 Å². The van der Waals surface area contributed by atoms with Gasteiger partial charge in [-0.25, -0.2) is 13.8 Å². The van der Waals surface area contributed by atoms with Crippen LogP contribution >= 0.6 is 0 Å². The molecule has 0 saturated carbocycles. The van der Waals surface area contributed by atoms with Gasteiger partial charge in [-0.3, -0.25) is 9.10 Å². The molecule has 1 amide bonds. The van der Waals surface area contributed by atoms with Crippen molar-refractivity contribution in [1.29, 1.82) is 0 Å². The Bertz CT molecular complexity index is 1510. The van der Waals surface area contributed by atoms with Gasteiger partial charge in [0.25, 0.3) is 15.9 Å². The number of carbonyl (C=O) groups excluding carboxylic acids is 1. The van der Waals surface area contributed by atoms with E-state index in [1.54, 1.807) is 42.6 Å². The van der Waals surface area contributed by atoms with E-state index in [2.05, 4.69) is 10.5 Å². The Kier molecular flexibility index (Phi) is 6.98. The lowest BCUT2D eigenvalue weighted by Crippen LogP contribution is -2.40. The molecule has 0 heterocycles. The summed E-state index contributed by atoms with van der Waals surface area (Å²) in [7, 11) is -3.99. The molecule has 0 aliphatic heterocycles. The van der Waals surface area contributed by atoms with Gasteiger partial charge in [0.1, 0.15) is 6.54 Å². The van der Waals surface area contributed by atoms with Crippen molar-refractivity contribution >= 4 is 38.6 Å². The Labute approximate surface area is 206 Å². The van der Waals surface area contributed by atoms with Gasteiger partial charge in [-0.15, -0.1) is 0 Å². The maximum atomic E-state index is 13.6. The average Bonchev–Trinajstić information content (AvgIpc) is 2.85. The van der Waals surface area contributed by atoms with Crippen molar-refractivity contribution in [3.63, 3.8) is 0 Å². The van der Waals surface area contributed by atoms with Crippen LogP contribution in [0.5, 0.6) is 0 Å². The molecule has 0 aliphatic carbocycles. The summed E-state index contributed by atoms with van der Waals surface area (Å²) in [5, 5.41) is 6.17. The van der Waals surface area contributed by atoms with Gasteiger partial charge in [-0.2, -0.15) is 5.10 Å². The van der Waals surface area contributed by atoms with Crippen LogP contribution in [-0.2, 0) is 14.8 Å². The number of aryl methyl sites for hydroxylation is 2. The van der Waals surface area contributed by atoms with Gasteiger partial charge in [0.15, 0.2) is 0 Å². The lowest BCUT2D eigenvalue weighted by molar-refractivity contribution is -0.119. The van der Waals surface area contributed by atoms with Crippen molar-refractivity contribution < 1.29 is 13.2 Å². The second kappa shape index (κ2) is 10.1. The SMILES string of the molecule is Cc1ccc(S(=O)(=O)N(CC(=O)N/N=C\c2cccc3ccccc23)c2cccc(C)c2C)cc1. The molecule has 0 unspecified atom stereocenters. The number of carbonyl (C=O) groups is 1. The molecule has 4 aromatic carbocycles. The largest absolute Gasteiger partial charge is 0.271 e. The van der Waals surface area contributed by atoms with Gasteiger partial charge in [0, 0.05) is 5.56 Å². The second-order valence-electron chi connectivity index (χ2n) is 8.41. The standard InChI is InChI=1S/C28H27N3O3S/c1-20-14-16-25(17-15-20)35(33,34)31(27-13-6-8-21(2)22(27)3)19-28(32)30-29-18-24-11-7-10-23-9-4-5-12-26(23)24/h4-18H,19H2,1-3H3,(H,30,32)/b29-18-. The van der Waals surface area contributed by atoms with E-state index in [9.17, 15) is 13.2 Å². The Hall–Kier alpha value is -3.97. The molecule has 7 heteroatoms. The van der Waals surface area contributed by atoms with Crippen molar-refractivity contribution in [3.05, 3.63) is 107 Å². The first-order valence-corrected chi connectivity index (χ1v) is 12.7. The molecule has 0 aromatic heterocycles. The van der Waals surface area contributed by atoms with Crippen LogP contribution in [0.1, 0.15) is 22.3 Å². The third-order valence-corrected chi connectivity index (χ3v) is 7.73. The highest BCUT2D eigenvalue weighted by Crippen LogP contribution is 2.28. The maximum absolute atomic E-state index is 13.6. The summed E-state index contributed by atoms with van der Waals surface area (Å²) >= 11 is 0. The maximum Gasteiger partial charge on any atom is 0.264 e. The van der Waals surface area contributed by atoms with E-state index in [1.165, 1.54) is 0 Å². The summed E-state index contributed by atoms with van der Waals surface area (Å²) in [5.74, 6) is -0.543. The van der Waals surface area contributed by atoms with Gasteiger partial charge >= 0.3 is 0 Å². The van der Waals surface area contributed by atoms with Crippen molar-refractivity contribution in [1.82, 2.24) is 5.43 Å². The molecule has 0 radical (unpaired) electrons. The average molecular weight is 486 g/mol. The van der Waals surface area contributed by atoms with Crippen LogP contribution in [-0.4, -0.2) is 27.1 Å². The van der Waals surface area contributed by atoms with E-state index in [0.29, 0.717) is 5.69 Å². The summed E-state index contributed by atoms with van der Waals surface area (Å²) in [5.41, 5.74) is 6.46. The third kappa shape index (κ3) is 5.25. The zero-order valence-electron chi connectivity index (χ0n) is 19.9. The molecular formula is C28H27N3O3S.